The van der Waals surface area contributed by atoms with Crippen LogP contribution in [-0.4, -0.2) is 22.1 Å². The Morgan fingerprint density at radius 3 is 3.00 bits per heavy atom. The van der Waals surface area contributed by atoms with Gasteiger partial charge in [-0.15, -0.1) is 0 Å². The highest BCUT2D eigenvalue weighted by Gasteiger charge is 2.10. The second-order valence-corrected chi connectivity index (χ2v) is 6.51. The van der Waals surface area contributed by atoms with Gasteiger partial charge in [-0.05, 0) is 61.1 Å². The number of aliphatic imine (C=N–C) groups is 1. The van der Waals surface area contributed by atoms with Crippen LogP contribution in [0.5, 0.6) is 0 Å². The van der Waals surface area contributed by atoms with Gasteiger partial charge >= 0.3 is 0 Å². The molecule has 3 aromatic rings. The van der Waals surface area contributed by atoms with Gasteiger partial charge in [0.15, 0.2) is 5.96 Å². The third-order valence-corrected chi connectivity index (χ3v) is 4.74. The number of para-hydroxylation sites is 2. The molecule has 0 fully saturated rings. The Labute approximate surface area is 147 Å². The normalized spacial score (nSPS) is 14.0. The number of rotatable bonds is 5. The molecule has 5 heteroatoms. The van der Waals surface area contributed by atoms with Gasteiger partial charge in [-0.1, -0.05) is 18.2 Å². The number of aromatic nitrogens is 2. The van der Waals surface area contributed by atoms with Crippen molar-refractivity contribution in [2.75, 3.05) is 11.9 Å². The number of benzene rings is 2. The van der Waals surface area contributed by atoms with Crippen LogP contribution in [0.3, 0.4) is 0 Å². The van der Waals surface area contributed by atoms with E-state index in [1.54, 1.807) is 0 Å². The van der Waals surface area contributed by atoms with E-state index in [1.165, 1.54) is 30.4 Å². The van der Waals surface area contributed by atoms with Crippen LogP contribution in [0.4, 0.5) is 5.69 Å². The number of nitrogens with two attached hydrogens (primary N) is 1. The molecule has 1 aromatic heterocycles. The van der Waals surface area contributed by atoms with Crippen LogP contribution in [0.2, 0.25) is 0 Å². The molecule has 1 aliphatic rings. The summed E-state index contributed by atoms with van der Waals surface area (Å²) in [5.41, 5.74) is 12.1. The highest BCUT2D eigenvalue weighted by atomic mass is 15.1. The van der Waals surface area contributed by atoms with Gasteiger partial charge < -0.3 is 15.6 Å². The fraction of sp³-hybridized carbons (Fsp3) is 0.300. The van der Waals surface area contributed by atoms with E-state index in [0.717, 1.165) is 29.7 Å². The molecule has 0 aliphatic heterocycles. The quantitative estimate of drug-likeness (QED) is 0.427. The van der Waals surface area contributed by atoms with Crippen LogP contribution in [0.15, 0.2) is 53.8 Å². The molecule has 25 heavy (non-hydrogen) atoms. The second-order valence-electron chi connectivity index (χ2n) is 6.51. The summed E-state index contributed by atoms with van der Waals surface area (Å²) in [5, 5.41) is 3.20. The number of nitrogens with one attached hydrogen (secondary N) is 1. The molecule has 5 nitrogen and oxygen atoms in total. The molecule has 1 aliphatic carbocycles. The lowest BCUT2D eigenvalue weighted by Gasteiger charge is -2.08. The van der Waals surface area contributed by atoms with E-state index >= 15 is 0 Å². The number of hydrogen-bond donors (Lipinski definition) is 2. The Kier molecular flexibility index (Phi) is 4.37. The van der Waals surface area contributed by atoms with Gasteiger partial charge in [-0.25, -0.2) is 4.98 Å². The van der Waals surface area contributed by atoms with Crippen LogP contribution in [-0.2, 0) is 19.4 Å². The van der Waals surface area contributed by atoms with E-state index in [9.17, 15) is 0 Å². The van der Waals surface area contributed by atoms with E-state index in [-0.39, 0.29) is 0 Å². The summed E-state index contributed by atoms with van der Waals surface area (Å²) in [6.07, 6.45) is 6.43. The molecule has 1 heterocycles. The molecule has 2 aromatic carbocycles. The maximum atomic E-state index is 6.02. The zero-order valence-corrected chi connectivity index (χ0v) is 14.3. The molecule has 0 unspecified atom stereocenters. The van der Waals surface area contributed by atoms with Crippen LogP contribution in [0.1, 0.15) is 24.0 Å². The van der Waals surface area contributed by atoms with E-state index in [2.05, 4.69) is 44.1 Å². The summed E-state index contributed by atoms with van der Waals surface area (Å²) in [7, 11) is 0. The molecule has 128 valence electrons. The van der Waals surface area contributed by atoms with Crippen molar-refractivity contribution < 1.29 is 0 Å². The first kappa shape index (κ1) is 15.7. The maximum absolute atomic E-state index is 6.02. The summed E-state index contributed by atoms with van der Waals surface area (Å²) >= 11 is 0. The van der Waals surface area contributed by atoms with Crippen molar-refractivity contribution in [1.29, 1.82) is 0 Å². The first-order valence-electron chi connectivity index (χ1n) is 8.88. The van der Waals surface area contributed by atoms with Crippen LogP contribution < -0.4 is 11.1 Å². The molecule has 3 N–H and O–H groups in total. The van der Waals surface area contributed by atoms with Crippen LogP contribution in [0, 0.1) is 0 Å². The summed E-state index contributed by atoms with van der Waals surface area (Å²) in [5.74, 6) is 0.480. The SMILES string of the molecule is NC(=NCCCn1cnc2ccccc21)Nc1ccc2c(c1)CCC2. The second kappa shape index (κ2) is 6.97. The minimum Gasteiger partial charge on any atom is -0.370 e. The topological polar surface area (TPSA) is 68.2 Å². The van der Waals surface area contributed by atoms with E-state index in [1.807, 2.05) is 24.5 Å². The number of guanidine groups is 1. The van der Waals surface area contributed by atoms with E-state index < -0.39 is 0 Å². The van der Waals surface area contributed by atoms with Gasteiger partial charge in [0, 0.05) is 18.8 Å². The molecule has 0 saturated carbocycles. The Balaban J connectivity index is 1.31. The average molecular weight is 333 g/mol. The van der Waals surface area contributed by atoms with Crippen molar-refractivity contribution in [3.05, 3.63) is 59.9 Å². The molecular formula is C20H23N5. The third-order valence-electron chi connectivity index (χ3n) is 4.74. The summed E-state index contributed by atoms with van der Waals surface area (Å²) in [6.45, 7) is 1.58. The number of aryl methyl sites for hydroxylation is 3. The monoisotopic (exact) mass is 333 g/mol. The van der Waals surface area contributed by atoms with Crippen molar-refractivity contribution >= 4 is 22.7 Å². The smallest absolute Gasteiger partial charge is 0.193 e. The molecule has 4 rings (SSSR count). The van der Waals surface area contributed by atoms with Crippen molar-refractivity contribution in [3.63, 3.8) is 0 Å². The van der Waals surface area contributed by atoms with Crippen molar-refractivity contribution in [3.8, 4) is 0 Å². The molecule has 0 amide bonds. The lowest BCUT2D eigenvalue weighted by atomic mass is 10.1. The number of anilines is 1. The fourth-order valence-electron chi connectivity index (χ4n) is 3.47. The third kappa shape index (κ3) is 3.50. The van der Waals surface area contributed by atoms with Crippen LogP contribution >= 0.6 is 0 Å². The Hall–Kier alpha value is -2.82. The van der Waals surface area contributed by atoms with Gasteiger partial charge in [0.25, 0.3) is 0 Å². The first-order chi connectivity index (χ1) is 12.3. The molecule has 0 saturated heterocycles. The van der Waals surface area contributed by atoms with Gasteiger partial charge in [0.1, 0.15) is 0 Å². The highest BCUT2D eigenvalue weighted by Crippen LogP contribution is 2.24. The standard InChI is InChI=1S/C20H23N5/c21-20(24-17-10-9-15-5-3-6-16(15)13-17)22-11-4-12-25-14-23-18-7-1-2-8-19(18)25/h1-2,7-10,13-14H,3-6,11-12H2,(H3,21,22,24). The van der Waals surface area contributed by atoms with Gasteiger partial charge in [-0.3, -0.25) is 4.99 Å². The summed E-state index contributed by atoms with van der Waals surface area (Å²) < 4.78 is 2.16. The lowest BCUT2D eigenvalue weighted by molar-refractivity contribution is 0.666. The number of hydrogen-bond acceptors (Lipinski definition) is 2. The fourth-order valence-corrected chi connectivity index (χ4v) is 3.47. The zero-order valence-electron chi connectivity index (χ0n) is 14.3. The predicted octanol–water partition coefficient (Wildman–Crippen LogP) is 3.34. The van der Waals surface area contributed by atoms with Crippen molar-refractivity contribution in [2.24, 2.45) is 10.7 Å². The van der Waals surface area contributed by atoms with Gasteiger partial charge in [0.2, 0.25) is 0 Å². The zero-order chi connectivity index (χ0) is 17.1. The lowest BCUT2D eigenvalue weighted by Crippen LogP contribution is -2.23. The molecule has 0 radical (unpaired) electrons. The maximum Gasteiger partial charge on any atom is 0.193 e. The van der Waals surface area contributed by atoms with E-state index in [4.69, 9.17) is 5.73 Å². The number of imidazole rings is 1. The summed E-state index contributed by atoms with van der Waals surface area (Å²) in [6, 6.07) is 14.7. The Morgan fingerprint density at radius 2 is 2.04 bits per heavy atom. The first-order valence-corrected chi connectivity index (χ1v) is 8.88. The highest BCUT2D eigenvalue weighted by molar-refractivity contribution is 5.92. The van der Waals surface area contributed by atoms with Gasteiger partial charge in [-0.2, -0.15) is 0 Å². The minimum absolute atomic E-state index is 0.480. The summed E-state index contributed by atoms with van der Waals surface area (Å²) in [4.78, 5) is 8.85. The molecule has 0 bridgehead atoms. The predicted molar refractivity (Wildman–Crippen MR) is 103 cm³/mol. The largest absolute Gasteiger partial charge is 0.370 e. The molecule has 0 atom stereocenters. The number of fused-ring (bicyclic) bond motifs is 2. The molecule has 0 spiro atoms. The van der Waals surface area contributed by atoms with Crippen molar-refractivity contribution in [2.45, 2.75) is 32.2 Å². The van der Waals surface area contributed by atoms with Crippen LogP contribution in [0.25, 0.3) is 11.0 Å². The Bertz CT molecular complexity index is 909. The average Bonchev–Trinajstić information content (AvgIpc) is 3.25. The van der Waals surface area contributed by atoms with E-state index in [0.29, 0.717) is 12.5 Å². The van der Waals surface area contributed by atoms with Crippen molar-refractivity contribution in [1.82, 2.24) is 9.55 Å². The molecular weight excluding hydrogens is 310 g/mol. The Morgan fingerprint density at radius 1 is 1.16 bits per heavy atom. The minimum atomic E-state index is 0.480. The van der Waals surface area contributed by atoms with Gasteiger partial charge in [0.05, 0.1) is 17.4 Å². The number of nitrogens with zero attached hydrogens (tertiary/aromatic N) is 3.